The van der Waals surface area contributed by atoms with Gasteiger partial charge in [0.25, 0.3) is 0 Å². The summed E-state index contributed by atoms with van der Waals surface area (Å²) in [5.41, 5.74) is 1.42. The van der Waals surface area contributed by atoms with Crippen LogP contribution < -0.4 is 10.1 Å². The first-order valence-corrected chi connectivity index (χ1v) is 8.01. The van der Waals surface area contributed by atoms with E-state index >= 15 is 0 Å². The fourth-order valence-electron chi connectivity index (χ4n) is 2.25. The monoisotopic (exact) mass is 338 g/mol. The fourth-order valence-corrected chi connectivity index (χ4v) is 2.25. The van der Waals surface area contributed by atoms with E-state index in [9.17, 15) is 4.79 Å². The zero-order valence-corrected chi connectivity index (χ0v) is 13.8. The van der Waals surface area contributed by atoms with Gasteiger partial charge in [-0.15, -0.1) is 0 Å². The van der Waals surface area contributed by atoms with Gasteiger partial charge in [0, 0.05) is 30.8 Å². The maximum Gasteiger partial charge on any atom is 0.227 e. The highest BCUT2D eigenvalue weighted by Crippen LogP contribution is 2.24. The highest BCUT2D eigenvalue weighted by Gasteiger charge is 2.12. The minimum Gasteiger partial charge on any atom is -0.492 e. The molecule has 0 bridgehead atoms. The summed E-state index contributed by atoms with van der Waals surface area (Å²) in [5.74, 6) is 1.38. The number of nitrogens with zero attached hydrogens (tertiary/aromatic N) is 3. The lowest BCUT2D eigenvalue weighted by atomic mass is 10.2. The number of hydrogen-bond acceptors (Lipinski definition) is 6. The molecular weight excluding hydrogens is 320 g/mol. The number of hydrogen-bond donors (Lipinski definition) is 1. The number of pyridine rings is 1. The van der Waals surface area contributed by atoms with Crippen molar-refractivity contribution in [2.75, 3.05) is 11.9 Å². The minimum atomic E-state index is -0.145. The van der Waals surface area contributed by atoms with Crippen molar-refractivity contribution in [1.82, 2.24) is 15.1 Å². The number of nitrogens with one attached hydrogen (secondary N) is 1. The summed E-state index contributed by atoms with van der Waals surface area (Å²) in [7, 11) is 0. The average Bonchev–Trinajstić information content (AvgIpc) is 3.12. The van der Waals surface area contributed by atoms with Crippen molar-refractivity contribution in [2.24, 2.45) is 0 Å². The molecular formula is C18H18N4O3. The molecule has 1 aromatic carbocycles. The lowest BCUT2D eigenvalue weighted by Gasteiger charge is -2.10. The molecule has 1 amide bonds. The van der Waals surface area contributed by atoms with Crippen LogP contribution in [0.1, 0.15) is 19.2 Å². The summed E-state index contributed by atoms with van der Waals surface area (Å²) < 4.78 is 10.7. The molecule has 3 rings (SSSR count). The Labute approximate surface area is 145 Å². The van der Waals surface area contributed by atoms with Crippen LogP contribution in [0.2, 0.25) is 0 Å². The molecule has 0 saturated heterocycles. The zero-order chi connectivity index (χ0) is 17.5. The molecule has 0 aliphatic rings. The number of anilines is 1. The molecule has 0 aliphatic heterocycles. The van der Waals surface area contributed by atoms with Gasteiger partial charge in [0.2, 0.25) is 17.6 Å². The molecule has 128 valence electrons. The largest absolute Gasteiger partial charge is 0.492 e. The standard InChI is InChI=1S/C18H18N4O3/c1-2-24-15-8-4-3-7-14(15)20-16(23)9-10-17-21-18(22-25-17)13-6-5-11-19-12-13/h3-8,11-12H,2,9-10H2,1H3,(H,20,23). The van der Waals surface area contributed by atoms with Gasteiger partial charge in [0.05, 0.1) is 12.3 Å². The third kappa shape index (κ3) is 4.41. The average molecular weight is 338 g/mol. The maximum absolute atomic E-state index is 12.2. The maximum atomic E-state index is 12.2. The Morgan fingerprint density at radius 3 is 2.92 bits per heavy atom. The third-order valence-corrected chi connectivity index (χ3v) is 3.41. The second kappa shape index (κ2) is 8.05. The smallest absolute Gasteiger partial charge is 0.227 e. The van der Waals surface area contributed by atoms with Gasteiger partial charge in [0.1, 0.15) is 5.75 Å². The van der Waals surface area contributed by atoms with Gasteiger partial charge in [-0.05, 0) is 31.2 Å². The first-order chi connectivity index (χ1) is 12.3. The van der Waals surface area contributed by atoms with Gasteiger partial charge >= 0.3 is 0 Å². The third-order valence-electron chi connectivity index (χ3n) is 3.41. The highest BCUT2D eigenvalue weighted by atomic mass is 16.5. The number of ether oxygens (including phenoxy) is 1. The van der Waals surface area contributed by atoms with Crippen LogP contribution in [0.15, 0.2) is 53.3 Å². The summed E-state index contributed by atoms with van der Waals surface area (Å²) in [6, 6.07) is 11.0. The van der Waals surface area contributed by atoms with E-state index in [0.717, 1.165) is 5.56 Å². The first-order valence-electron chi connectivity index (χ1n) is 8.01. The highest BCUT2D eigenvalue weighted by molar-refractivity contribution is 5.92. The molecule has 2 aromatic heterocycles. The lowest BCUT2D eigenvalue weighted by Crippen LogP contribution is -2.13. The first kappa shape index (κ1) is 16.6. The normalized spacial score (nSPS) is 10.4. The van der Waals surface area contributed by atoms with Crippen molar-refractivity contribution >= 4 is 11.6 Å². The van der Waals surface area contributed by atoms with Gasteiger partial charge in [-0.3, -0.25) is 9.78 Å². The van der Waals surface area contributed by atoms with Gasteiger partial charge in [0.15, 0.2) is 0 Å². The second-order valence-electron chi connectivity index (χ2n) is 5.23. The number of rotatable bonds is 7. The van der Waals surface area contributed by atoms with Crippen LogP contribution in [0.5, 0.6) is 5.75 Å². The number of carbonyl (C=O) groups is 1. The molecule has 0 unspecified atom stereocenters. The number of aryl methyl sites for hydroxylation is 1. The second-order valence-corrected chi connectivity index (χ2v) is 5.23. The van der Waals surface area contributed by atoms with E-state index in [4.69, 9.17) is 9.26 Å². The molecule has 7 heteroatoms. The van der Waals surface area contributed by atoms with Gasteiger partial charge in [-0.25, -0.2) is 0 Å². The van der Waals surface area contributed by atoms with E-state index in [-0.39, 0.29) is 12.3 Å². The Bertz CT molecular complexity index is 833. The Balaban J connectivity index is 1.57. The molecule has 2 heterocycles. The van der Waals surface area contributed by atoms with Crippen molar-refractivity contribution in [3.63, 3.8) is 0 Å². The van der Waals surface area contributed by atoms with E-state index < -0.39 is 0 Å². The van der Waals surface area contributed by atoms with E-state index in [1.165, 1.54) is 0 Å². The number of amides is 1. The molecule has 1 N–H and O–H groups in total. The predicted molar refractivity (Wildman–Crippen MR) is 92.1 cm³/mol. The quantitative estimate of drug-likeness (QED) is 0.712. The van der Waals surface area contributed by atoms with Crippen molar-refractivity contribution in [2.45, 2.75) is 19.8 Å². The van der Waals surface area contributed by atoms with Crippen molar-refractivity contribution in [3.05, 3.63) is 54.7 Å². The van der Waals surface area contributed by atoms with E-state index in [2.05, 4.69) is 20.4 Å². The molecule has 25 heavy (non-hydrogen) atoms. The summed E-state index contributed by atoms with van der Waals surface area (Å²) >= 11 is 0. The van der Waals surface area contributed by atoms with Crippen LogP contribution in [0.25, 0.3) is 11.4 Å². The summed E-state index contributed by atoms with van der Waals surface area (Å²) in [6.07, 6.45) is 3.92. The van der Waals surface area contributed by atoms with Crippen molar-refractivity contribution in [3.8, 4) is 17.1 Å². The molecule has 0 fully saturated rings. The summed E-state index contributed by atoms with van der Waals surface area (Å²) in [5, 5.41) is 6.75. The van der Waals surface area contributed by atoms with E-state index in [1.54, 1.807) is 24.5 Å². The van der Waals surface area contributed by atoms with Gasteiger partial charge in [-0.1, -0.05) is 17.3 Å². The number of aromatic nitrogens is 3. The van der Waals surface area contributed by atoms with E-state index in [0.29, 0.717) is 36.2 Å². The van der Waals surface area contributed by atoms with Crippen LogP contribution in [0.3, 0.4) is 0 Å². The zero-order valence-electron chi connectivity index (χ0n) is 13.8. The van der Waals surface area contributed by atoms with Crippen molar-refractivity contribution < 1.29 is 14.1 Å². The molecule has 0 saturated carbocycles. The van der Waals surface area contributed by atoms with Crippen LogP contribution in [-0.4, -0.2) is 27.6 Å². The molecule has 3 aromatic rings. The SMILES string of the molecule is CCOc1ccccc1NC(=O)CCc1nc(-c2cccnc2)no1. The molecule has 0 spiro atoms. The molecule has 0 radical (unpaired) electrons. The fraction of sp³-hybridized carbons (Fsp3) is 0.222. The summed E-state index contributed by atoms with van der Waals surface area (Å²) in [6.45, 7) is 2.43. The number of carbonyl (C=O) groups excluding carboxylic acids is 1. The Morgan fingerprint density at radius 1 is 1.24 bits per heavy atom. The Hall–Kier alpha value is -3.22. The Morgan fingerprint density at radius 2 is 2.12 bits per heavy atom. The predicted octanol–water partition coefficient (Wildman–Crippen LogP) is 3.10. The minimum absolute atomic E-state index is 0.145. The van der Waals surface area contributed by atoms with Crippen LogP contribution in [0.4, 0.5) is 5.69 Å². The van der Waals surface area contributed by atoms with Crippen LogP contribution in [-0.2, 0) is 11.2 Å². The summed E-state index contributed by atoms with van der Waals surface area (Å²) in [4.78, 5) is 20.5. The topological polar surface area (TPSA) is 90.1 Å². The Kier molecular flexibility index (Phi) is 5.36. The van der Waals surface area contributed by atoms with Gasteiger partial charge < -0.3 is 14.6 Å². The molecule has 7 nitrogen and oxygen atoms in total. The molecule has 0 atom stereocenters. The van der Waals surface area contributed by atoms with Gasteiger partial charge in [-0.2, -0.15) is 4.98 Å². The van der Waals surface area contributed by atoms with Crippen molar-refractivity contribution in [1.29, 1.82) is 0 Å². The number of para-hydroxylation sites is 2. The lowest BCUT2D eigenvalue weighted by molar-refractivity contribution is -0.116. The van der Waals surface area contributed by atoms with Crippen LogP contribution in [0, 0.1) is 0 Å². The molecule has 0 aliphatic carbocycles. The van der Waals surface area contributed by atoms with E-state index in [1.807, 2.05) is 31.2 Å². The van der Waals surface area contributed by atoms with Crippen LogP contribution >= 0.6 is 0 Å². The number of benzene rings is 1.